The number of nitrogens with zero attached hydrogens (tertiary/aromatic N) is 1. The smallest absolute Gasteiger partial charge is 0.236 e. The van der Waals surface area contributed by atoms with Crippen LogP contribution in [0.25, 0.3) is 0 Å². The Kier molecular flexibility index (Phi) is 3.77. The molecule has 80 valence electrons. The Morgan fingerprint density at radius 1 is 1.36 bits per heavy atom. The van der Waals surface area contributed by atoms with Crippen molar-refractivity contribution in [3.8, 4) is 0 Å². The van der Waals surface area contributed by atoms with Crippen LogP contribution in [0.5, 0.6) is 0 Å². The molecule has 0 N–H and O–H groups in total. The van der Waals surface area contributed by atoms with Gasteiger partial charge in [-0.1, -0.05) is 15.9 Å². The van der Waals surface area contributed by atoms with E-state index in [1.807, 2.05) is 11.8 Å². The number of carbonyl (C=O) groups is 1. The molecule has 2 nitrogen and oxygen atoms in total. The molecular weight excluding hydrogens is 262 g/mol. The van der Waals surface area contributed by atoms with E-state index < -0.39 is 0 Å². The standard InChI is InChI=1S/C10H16BrNOS/c11-9-4-1-5-12(10(9)13)8-3-2-6-14-7-8/h8-9H,1-7H2. The molecular formula is C10H16BrNOS. The van der Waals surface area contributed by atoms with Crippen molar-refractivity contribution in [3.63, 3.8) is 0 Å². The lowest BCUT2D eigenvalue weighted by atomic mass is 10.1. The number of amides is 1. The summed E-state index contributed by atoms with van der Waals surface area (Å²) in [7, 11) is 0. The molecule has 1 amide bonds. The maximum absolute atomic E-state index is 11.9. The molecule has 0 radical (unpaired) electrons. The Balaban J connectivity index is 1.97. The summed E-state index contributed by atoms with van der Waals surface area (Å²) in [5.74, 6) is 2.74. The quantitative estimate of drug-likeness (QED) is 0.686. The predicted molar refractivity (Wildman–Crippen MR) is 64.0 cm³/mol. The normalized spacial score (nSPS) is 34.6. The predicted octanol–water partition coefficient (Wildman–Crippen LogP) is 2.27. The van der Waals surface area contributed by atoms with Crippen molar-refractivity contribution in [3.05, 3.63) is 0 Å². The van der Waals surface area contributed by atoms with Gasteiger partial charge in [0.1, 0.15) is 0 Å². The molecule has 2 atom stereocenters. The Bertz CT molecular complexity index is 218. The second-order valence-electron chi connectivity index (χ2n) is 4.01. The molecule has 2 heterocycles. The number of likely N-dealkylation sites (tertiary alicyclic amines) is 1. The number of hydrogen-bond acceptors (Lipinski definition) is 2. The van der Waals surface area contributed by atoms with E-state index in [2.05, 4.69) is 20.8 Å². The molecule has 0 aromatic rings. The SMILES string of the molecule is O=C1C(Br)CCCN1C1CCCSC1. The summed E-state index contributed by atoms with van der Waals surface area (Å²) in [5, 5.41) is 0. The van der Waals surface area contributed by atoms with Gasteiger partial charge >= 0.3 is 0 Å². The van der Waals surface area contributed by atoms with E-state index in [9.17, 15) is 4.79 Å². The lowest BCUT2D eigenvalue weighted by Gasteiger charge is -2.38. The maximum atomic E-state index is 11.9. The summed E-state index contributed by atoms with van der Waals surface area (Å²) in [6.45, 7) is 0.978. The molecule has 0 aromatic heterocycles. The van der Waals surface area contributed by atoms with Crippen molar-refractivity contribution in [2.75, 3.05) is 18.1 Å². The molecule has 2 aliphatic heterocycles. The third-order valence-corrected chi connectivity index (χ3v) is 5.03. The third-order valence-electron chi connectivity index (χ3n) is 2.98. The molecule has 4 heteroatoms. The molecule has 2 unspecified atom stereocenters. The van der Waals surface area contributed by atoms with E-state index in [0.717, 1.165) is 25.1 Å². The van der Waals surface area contributed by atoms with Crippen LogP contribution < -0.4 is 0 Å². The van der Waals surface area contributed by atoms with Gasteiger partial charge in [0, 0.05) is 18.3 Å². The average molecular weight is 278 g/mol. The van der Waals surface area contributed by atoms with Gasteiger partial charge in [0.15, 0.2) is 0 Å². The van der Waals surface area contributed by atoms with Gasteiger partial charge in [-0.05, 0) is 31.4 Å². The van der Waals surface area contributed by atoms with E-state index in [0.29, 0.717) is 11.9 Å². The zero-order valence-corrected chi connectivity index (χ0v) is 10.6. The van der Waals surface area contributed by atoms with Crippen LogP contribution in [-0.4, -0.2) is 39.7 Å². The number of piperidine rings is 1. The number of carbonyl (C=O) groups excluding carboxylic acids is 1. The van der Waals surface area contributed by atoms with E-state index in [-0.39, 0.29) is 4.83 Å². The molecule has 0 spiro atoms. The monoisotopic (exact) mass is 277 g/mol. The first-order valence-corrected chi connectivity index (χ1v) is 7.38. The first-order valence-electron chi connectivity index (χ1n) is 5.31. The van der Waals surface area contributed by atoms with Crippen LogP contribution in [0.2, 0.25) is 0 Å². The van der Waals surface area contributed by atoms with E-state index in [4.69, 9.17) is 0 Å². The van der Waals surface area contributed by atoms with Crippen LogP contribution in [0, 0.1) is 0 Å². The third kappa shape index (κ3) is 2.27. The summed E-state index contributed by atoms with van der Waals surface area (Å²) in [5.41, 5.74) is 0. The lowest BCUT2D eigenvalue weighted by Crippen LogP contribution is -2.49. The van der Waals surface area contributed by atoms with Crippen LogP contribution in [0.3, 0.4) is 0 Å². The van der Waals surface area contributed by atoms with E-state index in [1.54, 1.807) is 0 Å². The summed E-state index contributed by atoms with van der Waals surface area (Å²) >= 11 is 5.45. The fourth-order valence-electron chi connectivity index (χ4n) is 2.19. The van der Waals surface area contributed by atoms with Gasteiger partial charge in [-0.15, -0.1) is 0 Å². The molecule has 2 rings (SSSR count). The molecule has 2 saturated heterocycles. The molecule has 0 saturated carbocycles. The molecule has 0 bridgehead atoms. The summed E-state index contributed by atoms with van der Waals surface area (Å²) in [6.07, 6.45) is 4.64. The van der Waals surface area contributed by atoms with Gasteiger partial charge in [-0.25, -0.2) is 0 Å². The minimum absolute atomic E-state index is 0.0863. The summed E-state index contributed by atoms with van der Waals surface area (Å²) in [4.78, 5) is 14.1. The van der Waals surface area contributed by atoms with E-state index in [1.165, 1.54) is 18.6 Å². The Morgan fingerprint density at radius 3 is 2.93 bits per heavy atom. The van der Waals surface area contributed by atoms with Gasteiger partial charge in [-0.2, -0.15) is 11.8 Å². The van der Waals surface area contributed by atoms with Crippen LogP contribution >= 0.6 is 27.7 Å². The number of alkyl halides is 1. The van der Waals surface area contributed by atoms with Gasteiger partial charge < -0.3 is 4.90 Å². The molecule has 2 fully saturated rings. The van der Waals surface area contributed by atoms with Gasteiger partial charge in [0.05, 0.1) is 4.83 Å². The van der Waals surface area contributed by atoms with Crippen molar-refractivity contribution in [1.29, 1.82) is 0 Å². The number of rotatable bonds is 1. The zero-order valence-electron chi connectivity index (χ0n) is 8.25. The van der Waals surface area contributed by atoms with Crippen molar-refractivity contribution >= 4 is 33.6 Å². The largest absolute Gasteiger partial charge is 0.338 e. The van der Waals surface area contributed by atoms with Crippen LogP contribution in [0.15, 0.2) is 0 Å². The number of hydrogen-bond donors (Lipinski definition) is 0. The number of halogens is 1. The van der Waals surface area contributed by atoms with Crippen molar-refractivity contribution in [2.24, 2.45) is 0 Å². The Labute approximate surface area is 97.9 Å². The average Bonchev–Trinajstić information content (AvgIpc) is 2.23. The highest BCUT2D eigenvalue weighted by Gasteiger charge is 2.32. The van der Waals surface area contributed by atoms with E-state index >= 15 is 0 Å². The minimum atomic E-state index is 0.0863. The van der Waals surface area contributed by atoms with Crippen molar-refractivity contribution in [2.45, 2.75) is 36.6 Å². The Morgan fingerprint density at radius 2 is 2.21 bits per heavy atom. The Hall–Kier alpha value is 0.300. The van der Waals surface area contributed by atoms with Crippen LogP contribution in [0.1, 0.15) is 25.7 Å². The van der Waals surface area contributed by atoms with Crippen molar-refractivity contribution < 1.29 is 4.79 Å². The first-order chi connectivity index (χ1) is 6.79. The van der Waals surface area contributed by atoms with Gasteiger partial charge in [-0.3, -0.25) is 4.79 Å². The molecule has 0 aromatic carbocycles. The molecule has 2 aliphatic rings. The fourth-order valence-corrected chi connectivity index (χ4v) is 3.93. The van der Waals surface area contributed by atoms with Gasteiger partial charge in [0.25, 0.3) is 0 Å². The fraction of sp³-hybridized carbons (Fsp3) is 0.900. The van der Waals surface area contributed by atoms with Gasteiger partial charge in [0.2, 0.25) is 5.91 Å². The second kappa shape index (κ2) is 4.88. The summed E-state index contributed by atoms with van der Waals surface area (Å²) < 4.78 is 0. The molecule has 14 heavy (non-hydrogen) atoms. The van der Waals surface area contributed by atoms with Crippen molar-refractivity contribution in [1.82, 2.24) is 4.90 Å². The highest BCUT2D eigenvalue weighted by atomic mass is 79.9. The number of thioether (sulfide) groups is 1. The highest BCUT2D eigenvalue weighted by molar-refractivity contribution is 9.10. The first kappa shape index (κ1) is 10.8. The highest BCUT2D eigenvalue weighted by Crippen LogP contribution is 2.27. The second-order valence-corrected chi connectivity index (χ2v) is 6.27. The van der Waals surface area contributed by atoms with Crippen LogP contribution in [0.4, 0.5) is 0 Å². The van der Waals surface area contributed by atoms with Crippen LogP contribution in [-0.2, 0) is 4.79 Å². The zero-order chi connectivity index (χ0) is 9.97. The summed E-state index contributed by atoms with van der Waals surface area (Å²) in [6, 6.07) is 0.515. The maximum Gasteiger partial charge on any atom is 0.236 e. The lowest BCUT2D eigenvalue weighted by molar-refractivity contribution is -0.134. The minimum Gasteiger partial charge on any atom is -0.338 e. The topological polar surface area (TPSA) is 20.3 Å². The molecule has 0 aliphatic carbocycles.